The molecule has 0 aliphatic heterocycles. The van der Waals surface area contributed by atoms with Crippen LogP contribution in [-0.2, 0) is 0 Å². The van der Waals surface area contributed by atoms with Gasteiger partial charge in [0, 0.05) is 11.4 Å². The fourth-order valence-electron chi connectivity index (χ4n) is 1.56. The average Bonchev–Trinajstić information content (AvgIpc) is 2.49. The van der Waals surface area contributed by atoms with Gasteiger partial charge in [-0.05, 0) is 36.4 Å². The van der Waals surface area contributed by atoms with Gasteiger partial charge in [0.25, 0.3) is 0 Å². The van der Waals surface area contributed by atoms with Crippen LogP contribution in [0.3, 0.4) is 0 Å². The van der Waals surface area contributed by atoms with Crippen LogP contribution in [0.4, 0.5) is 17.1 Å². The molecule has 2 aromatic carbocycles. The van der Waals surface area contributed by atoms with Crippen molar-refractivity contribution in [1.82, 2.24) is 0 Å². The summed E-state index contributed by atoms with van der Waals surface area (Å²) in [5.74, 6) is 0. The van der Waals surface area contributed by atoms with Crippen LogP contribution in [0.25, 0.3) is 4.85 Å². The van der Waals surface area contributed by atoms with E-state index in [0.29, 0.717) is 17.9 Å². The molecule has 0 spiro atoms. The lowest BCUT2D eigenvalue weighted by atomic mass is 10.2. The molecule has 0 fully saturated rings. The van der Waals surface area contributed by atoms with Gasteiger partial charge in [0.2, 0.25) is 0 Å². The molecule has 92 valence electrons. The quantitative estimate of drug-likeness (QED) is 0.642. The molecule has 0 aliphatic rings. The predicted octanol–water partition coefficient (Wildman–Crippen LogP) is 3.59. The molecule has 4 nitrogen and oxygen atoms in total. The van der Waals surface area contributed by atoms with Gasteiger partial charge in [0.05, 0.1) is 24.9 Å². The molecule has 2 N–H and O–H groups in total. The summed E-state index contributed by atoms with van der Waals surface area (Å²) < 4.78 is 0. The zero-order valence-corrected chi connectivity index (χ0v) is 10.2. The number of hydrogen-bond donors (Lipinski definition) is 2. The molecule has 2 aromatic rings. The SMILES string of the molecule is [C-]#[N+]c1ccc(NCNc2ccc(C#N)cc2)cc1. The fourth-order valence-corrected chi connectivity index (χ4v) is 1.56. The number of benzene rings is 2. The standard InChI is InChI=1S/C15H12N4/c1-17-13-6-8-15(9-7-13)19-11-18-14-4-2-12(10-16)3-5-14/h2-9,18-19H,11H2. The van der Waals surface area contributed by atoms with E-state index in [1.54, 1.807) is 24.3 Å². The van der Waals surface area contributed by atoms with E-state index in [1.165, 1.54) is 0 Å². The van der Waals surface area contributed by atoms with E-state index >= 15 is 0 Å². The zero-order valence-electron chi connectivity index (χ0n) is 10.2. The van der Waals surface area contributed by atoms with Crippen molar-refractivity contribution in [3.05, 3.63) is 65.5 Å². The summed E-state index contributed by atoms with van der Waals surface area (Å²) >= 11 is 0. The van der Waals surface area contributed by atoms with E-state index in [-0.39, 0.29) is 0 Å². The lowest BCUT2D eigenvalue weighted by molar-refractivity contribution is 1.22. The number of rotatable bonds is 4. The van der Waals surface area contributed by atoms with Crippen LogP contribution in [0.5, 0.6) is 0 Å². The number of nitrogens with zero attached hydrogens (tertiary/aromatic N) is 2. The van der Waals surface area contributed by atoms with Gasteiger partial charge >= 0.3 is 0 Å². The molecule has 0 unspecified atom stereocenters. The first-order valence-electron chi connectivity index (χ1n) is 5.77. The fraction of sp³-hybridized carbons (Fsp3) is 0.0667. The Bertz CT molecular complexity index is 558. The van der Waals surface area contributed by atoms with E-state index in [1.807, 2.05) is 24.3 Å². The van der Waals surface area contributed by atoms with Gasteiger partial charge < -0.3 is 10.6 Å². The Balaban J connectivity index is 1.85. The van der Waals surface area contributed by atoms with Gasteiger partial charge in [-0.3, -0.25) is 0 Å². The number of hydrogen-bond acceptors (Lipinski definition) is 3. The molecular weight excluding hydrogens is 236 g/mol. The Morgan fingerprint density at radius 1 is 0.947 bits per heavy atom. The Morgan fingerprint density at radius 3 is 1.95 bits per heavy atom. The molecule has 0 saturated carbocycles. The maximum atomic E-state index is 8.69. The minimum Gasteiger partial charge on any atom is -0.368 e. The Labute approximate surface area is 112 Å². The number of nitriles is 1. The maximum Gasteiger partial charge on any atom is 0.187 e. The van der Waals surface area contributed by atoms with E-state index < -0.39 is 0 Å². The second kappa shape index (κ2) is 6.09. The Morgan fingerprint density at radius 2 is 1.47 bits per heavy atom. The highest BCUT2D eigenvalue weighted by Crippen LogP contribution is 2.16. The van der Waals surface area contributed by atoms with Crippen molar-refractivity contribution in [2.75, 3.05) is 17.3 Å². The molecule has 0 radical (unpaired) electrons. The highest BCUT2D eigenvalue weighted by atomic mass is 15.1. The van der Waals surface area contributed by atoms with Gasteiger partial charge in [-0.25, -0.2) is 4.85 Å². The summed E-state index contributed by atoms with van der Waals surface area (Å²) in [6, 6.07) is 16.6. The minimum atomic E-state index is 0.573. The summed E-state index contributed by atoms with van der Waals surface area (Å²) in [6.45, 7) is 7.44. The Kier molecular flexibility index (Phi) is 4.00. The molecule has 0 saturated heterocycles. The summed E-state index contributed by atoms with van der Waals surface area (Å²) in [5.41, 5.74) is 3.18. The van der Waals surface area contributed by atoms with E-state index in [4.69, 9.17) is 11.8 Å². The largest absolute Gasteiger partial charge is 0.368 e. The molecule has 4 heteroatoms. The van der Waals surface area contributed by atoms with E-state index in [9.17, 15) is 0 Å². The Hall–Kier alpha value is -2.98. The smallest absolute Gasteiger partial charge is 0.187 e. The van der Waals surface area contributed by atoms with E-state index in [2.05, 4.69) is 21.5 Å². The van der Waals surface area contributed by atoms with Crippen LogP contribution in [0, 0.1) is 17.9 Å². The molecular formula is C15H12N4. The summed E-state index contributed by atoms with van der Waals surface area (Å²) in [4.78, 5) is 3.34. The van der Waals surface area contributed by atoms with Crippen LogP contribution < -0.4 is 10.6 Å². The monoisotopic (exact) mass is 248 g/mol. The third-order valence-corrected chi connectivity index (χ3v) is 2.60. The summed E-state index contributed by atoms with van der Waals surface area (Å²) in [6.07, 6.45) is 0. The molecule has 0 aromatic heterocycles. The molecule has 0 heterocycles. The van der Waals surface area contributed by atoms with Gasteiger partial charge in [0.1, 0.15) is 0 Å². The third kappa shape index (κ3) is 3.49. The first-order chi connectivity index (χ1) is 9.31. The second-order valence-electron chi connectivity index (χ2n) is 3.88. The molecule has 0 aliphatic carbocycles. The third-order valence-electron chi connectivity index (χ3n) is 2.60. The lowest BCUT2D eigenvalue weighted by Crippen LogP contribution is -2.11. The molecule has 0 bridgehead atoms. The van der Waals surface area contributed by atoms with Crippen molar-refractivity contribution in [1.29, 1.82) is 5.26 Å². The normalized spacial score (nSPS) is 9.16. The number of nitrogens with one attached hydrogen (secondary N) is 2. The van der Waals surface area contributed by atoms with Crippen molar-refractivity contribution in [3.8, 4) is 6.07 Å². The van der Waals surface area contributed by atoms with Gasteiger partial charge in [-0.1, -0.05) is 12.1 Å². The molecule has 2 rings (SSSR count). The van der Waals surface area contributed by atoms with Crippen LogP contribution in [-0.4, -0.2) is 6.67 Å². The van der Waals surface area contributed by atoms with Crippen LogP contribution >= 0.6 is 0 Å². The second-order valence-corrected chi connectivity index (χ2v) is 3.88. The molecule has 19 heavy (non-hydrogen) atoms. The summed E-state index contributed by atoms with van der Waals surface area (Å²) in [7, 11) is 0. The molecule has 0 amide bonds. The predicted molar refractivity (Wildman–Crippen MR) is 76.0 cm³/mol. The lowest BCUT2D eigenvalue weighted by Gasteiger charge is -2.09. The summed E-state index contributed by atoms with van der Waals surface area (Å²) in [5, 5.41) is 15.1. The average molecular weight is 248 g/mol. The van der Waals surface area contributed by atoms with Crippen molar-refractivity contribution in [3.63, 3.8) is 0 Å². The minimum absolute atomic E-state index is 0.573. The van der Waals surface area contributed by atoms with Gasteiger partial charge in [-0.2, -0.15) is 5.26 Å². The van der Waals surface area contributed by atoms with Crippen molar-refractivity contribution in [2.24, 2.45) is 0 Å². The zero-order chi connectivity index (χ0) is 13.5. The van der Waals surface area contributed by atoms with Crippen molar-refractivity contribution < 1.29 is 0 Å². The number of anilines is 2. The van der Waals surface area contributed by atoms with Crippen LogP contribution in [0.1, 0.15) is 5.56 Å². The topological polar surface area (TPSA) is 52.2 Å². The van der Waals surface area contributed by atoms with Crippen LogP contribution in [0.2, 0.25) is 0 Å². The first kappa shape index (κ1) is 12.5. The van der Waals surface area contributed by atoms with Crippen molar-refractivity contribution in [2.45, 2.75) is 0 Å². The maximum absolute atomic E-state index is 8.69. The molecule has 0 atom stereocenters. The van der Waals surface area contributed by atoms with Crippen molar-refractivity contribution >= 4 is 17.1 Å². The van der Waals surface area contributed by atoms with Crippen LogP contribution in [0.15, 0.2) is 48.5 Å². The highest BCUT2D eigenvalue weighted by molar-refractivity contribution is 5.55. The van der Waals surface area contributed by atoms with Gasteiger partial charge in [-0.15, -0.1) is 0 Å². The van der Waals surface area contributed by atoms with Gasteiger partial charge in [0.15, 0.2) is 5.69 Å². The first-order valence-corrected chi connectivity index (χ1v) is 5.77. The van der Waals surface area contributed by atoms with E-state index in [0.717, 1.165) is 11.4 Å². The highest BCUT2D eigenvalue weighted by Gasteiger charge is 1.94.